The van der Waals surface area contributed by atoms with Crippen molar-refractivity contribution in [1.82, 2.24) is 0 Å². The summed E-state index contributed by atoms with van der Waals surface area (Å²) in [5, 5.41) is 0. The predicted octanol–water partition coefficient (Wildman–Crippen LogP) is 4.00. The summed E-state index contributed by atoms with van der Waals surface area (Å²) in [7, 11) is 0. The van der Waals surface area contributed by atoms with Crippen LogP contribution in [0.4, 0.5) is 0 Å². The molecule has 2 rings (SSSR count). The van der Waals surface area contributed by atoms with E-state index in [9.17, 15) is 0 Å². The summed E-state index contributed by atoms with van der Waals surface area (Å²) >= 11 is 1.41. The van der Waals surface area contributed by atoms with E-state index in [1.807, 2.05) is 0 Å². The van der Waals surface area contributed by atoms with Crippen LogP contribution in [-0.2, 0) is 30.0 Å². The molecule has 0 fully saturated rings. The Kier molecular flexibility index (Phi) is 3.96. The van der Waals surface area contributed by atoms with Crippen LogP contribution in [0.2, 0.25) is 3.93 Å². The first-order valence-electron chi connectivity index (χ1n) is 5.30. The molecule has 0 aromatic heterocycles. The van der Waals surface area contributed by atoms with Gasteiger partial charge in [0.2, 0.25) is 0 Å². The van der Waals surface area contributed by atoms with Crippen LogP contribution >= 0.6 is 0 Å². The molecule has 0 nitrogen and oxygen atoms in total. The molecule has 2 heteroatoms. The van der Waals surface area contributed by atoms with Crippen LogP contribution in [0.25, 0.3) is 0 Å². The van der Waals surface area contributed by atoms with Crippen LogP contribution in [0.3, 0.4) is 0 Å². The van der Waals surface area contributed by atoms with E-state index in [1.165, 1.54) is 19.3 Å². The molecule has 0 bridgehead atoms. The molecule has 0 heterocycles. The third kappa shape index (κ3) is 2.34. The van der Waals surface area contributed by atoms with Gasteiger partial charge in [-0.25, -0.2) is 0 Å². The minimum atomic E-state index is -1.13. The molecule has 0 atom stereocenters. The van der Waals surface area contributed by atoms with Crippen LogP contribution < -0.4 is 0 Å². The second-order valence-corrected chi connectivity index (χ2v) is 15.4. The molecule has 0 unspecified atom stereocenters. The van der Waals surface area contributed by atoms with E-state index in [-0.39, 0.29) is 0 Å². The van der Waals surface area contributed by atoms with Gasteiger partial charge >= 0.3 is 107 Å². The fourth-order valence-electron chi connectivity index (χ4n) is 1.78. The fraction of sp³-hybridized carbons (Fsp3) is 0.385. The maximum absolute atomic E-state index is 2.54. The van der Waals surface area contributed by atoms with Gasteiger partial charge in [-0.2, -0.15) is 0 Å². The van der Waals surface area contributed by atoms with Crippen LogP contribution in [-0.4, -0.2) is 0 Å². The van der Waals surface area contributed by atoms with Gasteiger partial charge < -0.3 is 0 Å². The van der Waals surface area contributed by atoms with Crippen molar-refractivity contribution in [3.8, 4) is 0 Å². The minimum absolute atomic E-state index is 0.455. The van der Waals surface area contributed by atoms with Gasteiger partial charge in [-0.15, -0.1) is 0 Å². The fourth-order valence-corrected chi connectivity index (χ4v) is 13.7. The third-order valence-corrected chi connectivity index (χ3v) is 18.8. The van der Waals surface area contributed by atoms with Gasteiger partial charge in [-0.1, -0.05) is 0 Å². The first kappa shape index (κ1) is 11.7. The van der Waals surface area contributed by atoms with Crippen molar-refractivity contribution in [2.45, 2.75) is 30.1 Å². The average molecular weight is 557 g/mol. The number of rotatable bonds is 3. The van der Waals surface area contributed by atoms with Crippen molar-refractivity contribution >= 4 is 0 Å². The van der Waals surface area contributed by atoms with E-state index in [1.54, 1.807) is 4.09 Å². The Labute approximate surface area is 106 Å². The molecule has 2 aliphatic carbocycles. The summed E-state index contributed by atoms with van der Waals surface area (Å²) in [6, 6.07) is 0. The van der Waals surface area contributed by atoms with E-state index in [0.29, 0.717) is 3.93 Å². The zero-order chi connectivity index (χ0) is 10.7. The molecular formula is C13H16Ir2. The average Bonchev–Trinajstić information content (AvgIpc) is 2.79. The van der Waals surface area contributed by atoms with Gasteiger partial charge in [-0.05, 0) is 0 Å². The van der Waals surface area contributed by atoms with Crippen molar-refractivity contribution < 1.29 is 30.0 Å². The van der Waals surface area contributed by atoms with Gasteiger partial charge in [0.25, 0.3) is 0 Å². The van der Waals surface area contributed by atoms with Crippen LogP contribution in [0.15, 0.2) is 46.6 Å². The topological polar surface area (TPSA) is 0 Å². The van der Waals surface area contributed by atoms with Gasteiger partial charge in [0.05, 0.1) is 0 Å². The molecule has 0 radical (unpaired) electrons. The summed E-state index contributed by atoms with van der Waals surface area (Å²) in [4.78, 5) is 0. The number of hydrogen-bond donors (Lipinski definition) is 0. The Morgan fingerprint density at radius 2 is 2.07 bits per heavy atom. The Morgan fingerprint density at radius 3 is 2.60 bits per heavy atom. The van der Waals surface area contributed by atoms with Crippen molar-refractivity contribution in [3.63, 3.8) is 0 Å². The molecule has 0 saturated heterocycles. The van der Waals surface area contributed by atoms with Gasteiger partial charge in [0, 0.05) is 0 Å². The number of allylic oxidation sites excluding steroid dienone is 8. The molecule has 0 aliphatic heterocycles. The van der Waals surface area contributed by atoms with Crippen LogP contribution in [0, 0.1) is 0 Å². The Bertz CT molecular complexity index is 336. The second-order valence-electron chi connectivity index (χ2n) is 3.70. The Balaban J connectivity index is 2.22. The normalized spacial score (nSPS) is 23.1. The van der Waals surface area contributed by atoms with E-state index >= 15 is 0 Å². The SMILES string of the molecule is CC[C]1([Ir]([Ir])[C]2=CC=CCC2)C=CC=C1. The molecule has 0 spiro atoms. The molecule has 2 aliphatic rings. The number of hydrogen-bond acceptors (Lipinski definition) is 0. The summed E-state index contributed by atoms with van der Waals surface area (Å²) < 4.78 is 2.23. The van der Waals surface area contributed by atoms with Crippen molar-refractivity contribution in [2.75, 3.05) is 0 Å². The third-order valence-electron chi connectivity index (χ3n) is 2.75. The van der Waals surface area contributed by atoms with Crippen LogP contribution in [0.1, 0.15) is 26.2 Å². The monoisotopic (exact) mass is 558 g/mol. The molecular weight excluding hydrogens is 541 g/mol. The van der Waals surface area contributed by atoms with Gasteiger partial charge in [0.1, 0.15) is 0 Å². The van der Waals surface area contributed by atoms with Crippen molar-refractivity contribution in [3.05, 3.63) is 46.6 Å². The first-order valence-corrected chi connectivity index (χ1v) is 15.0. The van der Waals surface area contributed by atoms with E-state index in [4.69, 9.17) is 0 Å². The molecule has 0 N–H and O–H groups in total. The first-order chi connectivity index (χ1) is 7.28. The summed E-state index contributed by atoms with van der Waals surface area (Å²) in [6.45, 7) is 2.33. The Hall–Kier alpha value is 0.259. The molecule has 86 valence electrons. The zero-order valence-electron chi connectivity index (χ0n) is 8.83. The molecule has 0 saturated carbocycles. The second kappa shape index (κ2) is 5.06. The summed E-state index contributed by atoms with van der Waals surface area (Å²) in [5.74, 6) is 0. The Morgan fingerprint density at radius 1 is 1.33 bits per heavy atom. The molecule has 15 heavy (non-hydrogen) atoms. The molecule has 0 aromatic rings. The standard InChI is InChI=1S/C7H9.C6H7.2Ir/c1-2-7-5-3-4-6-7;1-2-4-6-5-3-1;;/h3-6H,2H2,1H3;1-3H,4,6H2;;. The maximum atomic E-state index is 2.54. The van der Waals surface area contributed by atoms with Crippen molar-refractivity contribution in [2.24, 2.45) is 0 Å². The predicted molar refractivity (Wildman–Crippen MR) is 57.7 cm³/mol. The van der Waals surface area contributed by atoms with E-state index in [0.717, 1.165) is 0 Å². The quantitative estimate of drug-likeness (QED) is 0.493. The van der Waals surface area contributed by atoms with E-state index < -0.39 is 13.8 Å². The summed E-state index contributed by atoms with van der Waals surface area (Å²) in [6.07, 6.45) is 20.1. The van der Waals surface area contributed by atoms with Gasteiger partial charge in [-0.3, -0.25) is 0 Å². The van der Waals surface area contributed by atoms with E-state index in [2.05, 4.69) is 65.7 Å². The molecule has 0 aromatic carbocycles. The molecule has 0 amide bonds. The zero-order valence-corrected chi connectivity index (χ0v) is 13.6. The van der Waals surface area contributed by atoms with Crippen molar-refractivity contribution in [1.29, 1.82) is 0 Å². The van der Waals surface area contributed by atoms with Gasteiger partial charge in [0.15, 0.2) is 0 Å². The summed E-state index contributed by atoms with van der Waals surface area (Å²) in [5.41, 5.74) is 0. The van der Waals surface area contributed by atoms with Crippen LogP contribution in [0.5, 0.6) is 0 Å².